The van der Waals surface area contributed by atoms with E-state index in [2.05, 4.69) is 15.6 Å². The van der Waals surface area contributed by atoms with Gasteiger partial charge in [-0.1, -0.05) is 11.3 Å². The number of aryl methyl sites for hydroxylation is 1. The van der Waals surface area contributed by atoms with Gasteiger partial charge >= 0.3 is 0 Å². The molecule has 1 amide bonds. The van der Waals surface area contributed by atoms with Crippen LogP contribution in [0.1, 0.15) is 28.7 Å². The summed E-state index contributed by atoms with van der Waals surface area (Å²) in [6.07, 6.45) is 0.776. The zero-order valence-corrected chi connectivity index (χ0v) is 14.0. The number of amides is 1. The second kappa shape index (κ2) is 8.59. The first-order valence-electron chi connectivity index (χ1n) is 7.46. The van der Waals surface area contributed by atoms with E-state index in [0.29, 0.717) is 35.5 Å². The van der Waals surface area contributed by atoms with E-state index in [-0.39, 0.29) is 11.7 Å². The van der Waals surface area contributed by atoms with E-state index in [9.17, 15) is 9.18 Å². The van der Waals surface area contributed by atoms with Crippen LogP contribution in [0.2, 0.25) is 0 Å². The Morgan fingerprint density at radius 2 is 2.09 bits per heavy atom. The van der Waals surface area contributed by atoms with Crippen molar-refractivity contribution in [2.45, 2.75) is 20.3 Å². The summed E-state index contributed by atoms with van der Waals surface area (Å²) in [4.78, 5) is 17.1. The number of rotatable bonds is 8. The van der Waals surface area contributed by atoms with Crippen molar-refractivity contribution >= 4 is 28.1 Å². The van der Waals surface area contributed by atoms with Gasteiger partial charge in [-0.3, -0.25) is 4.79 Å². The number of anilines is 2. The molecule has 0 radical (unpaired) electrons. The predicted molar refractivity (Wildman–Crippen MR) is 90.0 cm³/mol. The van der Waals surface area contributed by atoms with Gasteiger partial charge in [0, 0.05) is 25.4 Å². The number of hydrogen-bond donors (Lipinski definition) is 2. The zero-order valence-electron chi connectivity index (χ0n) is 13.2. The molecule has 0 bridgehead atoms. The fourth-order valence-electron chi connectivity index (χ4n) is 1.92. The van der Waals surface area contributed by atoms with Crippen LogP contribution in [0, 0.1) is 12.7 Å². The number of thiazole rings is 1. The van der Waals surface area contributed by atoms with Crippen molar-refractivity contribution in [3.8, 4) is 0 Å². The van der Waals surface area contributed by atoms with Crippen LogP contribution in [-0.4, -0.2) is 30.6 Å². The van der Waals surface area contributed by atoms with E-state index in [1.54, 1.807) is 19.1 Å². The minimum absolute atomic E-state index is 0.136. The first kappa shape index (κ1) is 17.4. The van der Waals surface area contributed by atoms with Gasteiger partial charge in [-0.15, -0.1) is 0 Å². The minimum Gasteiger partial charge on any atom is -0.382 e. The minimum atomic E-state index is -0.294. The van der Waals surface area contributed by atoms with E-state index < -0.39 is 0 Å². The summed E-state index contributed by atoms with van der Waals surface area (Å²) in [6, 6.07) is 5.99. The first-order chi connectivity index (χ1) is 11.1. The van der Waals surface area contributed by atoms with Gasteiger partial charge in [0.05, 0.1) is 5.69 Å². The average molecular weight is 337 g/mol. The molecule has 0 aliphatic carbocycles. The number of nitrogens with one attached hydrogen (secondary N) is 2. The van der Waals surface area contributed by atoms with Crippen molar-refractivity contribution in [3.05, 3.63) is 40.7 Å². The molecule has 0 unspecified atom stereocenters. The normalized spacial score (nSPS) is 10.6. The predicted octanol–water partition coefficient (Wildman–Crippen LogP) is 3.49. The molecule has 0 aliphatic heterocycles. The highest BCUT2D eigenvalue weighted by Crippen LogP contribution is 2.25. The maximum atomic E-state index is 12.9. The molecule has 0 spiro atoms. The van der Waals surface area contributed by atoms with Crippen molar-refractivity contribution in [3.63, 3.8) is 0 Å². The van der Waals surface area contributed by atoms with E-state index in [1.165, 1.54) is 23.5 Å². The lowest BCUT2D eigenvalue weighted by molar-refractivity contribution is 0.0947. The number of benzene rings is 1. The SMILES string of the molecule is CCOCCCNC(=O)c1sc(Nc2ccc(F)cc2)nc1C. The lowest BCUT2D eigenvalue weighted by atomic mass is 10.3. The van der Waals surface area contributed by atoms with Gasteiger partial charge in [0.25, 0.3) is 5.91 Å². The van der Waals surface area contributed by atoms with Crippen LogP contribution in [0.25, 0.3) is 0 Å². The number of ether oxygens (including phenoxy) is 1. The van der Waals surface area contributed by atoms with Crippen molar-refractivity contribution in [1.29, 1.82) is 0 Å². The van der Waals surface area contributed by atoms with Crippen LogP contribution in [0.5, 0.6) is 0 Å². The van der Waals surface area contributed by atoms with Gasteiger partial charge in [-0.2, -0.15) is 0 Å². The number of halogens is 1. The average Bonchev–Trinajstić information content (AvgIpc) is 2.90. The van der Waals surface area contributed by atoms with Gasteiger partial charge in [0.15, 0.2) is 5.13 Å². The molecule has 2 N–H and O–H groups in total. The van der Waals surface area contributed by atoms with Crippen LogP contribution >= 0.6 is 11.3 Å². The highest BCUT2D eigenvalue weighted by molar-refractivity contribution is 7.17. The molecule has 23 heavy (non-hydrogen) atoms. The Kier molecular flexibility index (Phi) is 6.49. The van der Waals surface area contributed by atoms with Gasteiger partial charge in [0.2, 0.25) is 0 Å². The number of aromatic nitrogens is 1. The molecule has 7 heteroatoms. The molecule has 0 atom stereocenters. The van der Waals surface area contributed by atoms with Crippen LogP contribution in [0.4, 0.5) is 15.2 Å². The fourth-order valence-corrected chi connectivity index (χ4v) is 2.82. The quantitative estimate of drug-likeness (QED) is 0.724. The molecule has 5 nitrogen and oxygen atoms in total. The Balaban J connectivity index is 1.92. The zero-order chi connectivity index (χ0) is 16.7. The van der Waals surface area contributed by atoms with Crippen molar-refractivity contribution in [2.24, 2.45) is 0 Å². The molecule has 0 fully saturated rings. The largest absolute Gasteiger partial charge is 0.382 e. The number of carbonyl (C=O) groups excluding carboxylic acids is 1. The monoisotopic (exact) mass is 337 g/mol. The lowest BCUT2D eigenvalue weighted by Crippen LogP contribution is -2.25. The van der Waals surface area contributed by atoms with Crippen LogP contribution in [0.3, 0.4) is 0 Å². The van der Waals surface area contributed by atoms with Gasteiger partial charge in [0.1, 0.15) is 10.7 Å². The van der Waals surface area contributed by atoms with Gasteiger partial charge in [-0.25, -0.2) is 9.37 Å². The Labute approximate surface area is 138 Å². The third-order valence-corrected chi connectivity index (χ3v) is 4.13. The molecular weight excluding hydrogens is 317 g/mol. The van der Waals surface area contributed by atoms with Gasteiger partial charge in [-0.05, 0) is 44.5 Å². The molecule has 1 aromatic carbocycles. The molecule has 2 aromatic rings. The molecule has 0 saturated carbocycles. The van der Waals surface area contributed by atoms with E-state index >= 15 is 0 Å². The maximum Gasteiger partial charge on any atom is 0.263 e. The Morgan fingerprint density at radius 3 is 2.78 bits per heavy atom. The molecular formula is C16H20FN3O2S. The van der Waals surface area contributed by atoms with Crippen LogP contribution in [0.15, 0.2) is 24.3 Å². The van der Waals surface area contributed by atoms with E-state index in [4.69, 9.17) is 4.74 Å². The number of hydrogen-bond acceptors (Lipinski definition) is 5. The van der Waals surface area contributed by atoms with Crippen molar-refractivity contribution in [1.82, 2.24) is 10.3 Å². The molecule has 1 heterocycles. The fraction of sp³-hybridized carbons (Fsp3) is 0.375. The highest BCUT2D eigenvalue weighted by atomic mass is 32.1. The maximum absolute atomic E-state index is 12.9. The number of carbonyl (C=O) groups is 1. The molecule has 1 aromatic heterocycles. The molecule has 124 valence electrons. The summed E-state index contributed by atoms with van der Waals surface area (Å²) < 4.78 is 18.1. The van der Waals surface area contributed by atoms with Crippen molar-refractivity contribution in [2.75, 3.05) is 25.1 Å². The summed E-state index contributed by atoms with van der Waals surface area (Å²) in [5, 5.41) is 6.53. The van der Waals surface area contributed by atoms with Crippen LogP contribution in [-0.2, 0) is 4.74 Å². The standard InChI is InChI=1S/C16H20FN3O2S/c1-3-22-10-4-9-18-15(21)14-11(2)19-16(23-14)20-13-7-5-12(17)6-8-13/h5-8H,3-4,9-10H2,1-2H3,(H,18,21)(H,19,20). The smallest absolute Gasteiger partial charge is 0.263 e. The summed E-state index contributed by atoms with van der Waals surface area (Å²) in [6.45, 7) is 5.61. The molecule has 0 aliphatic rings. The third kappa shape index (κ3) is 5.30. The second-order valence-electron chi connectivity index (χ2n) is 4.87. The topological polar surface area (TPSA) is 63.2 Å². The van der Waals surface area contributed by atoms with Crippen molar-refractivity contribution < 1.29 is 13.9 Å². The summed E-state index contributed by atoms with van der Waals surface area (Å²) >= 11 is 1.28. The Hall–Kier alpha value is -1.99. The van der Waals surface area contributed by atoms with Gasteiger partial charge < -0.3 is 15.4 Å². The molecule has 0 saturated heterocycles. The Morgan fingerprint density at radius 1 is 1.35 bits per heavy atom. The lowest BCUT2D eigenvalue weighted by Gasteiger charge is -2.04. The summed E-state index contributed by atoms with van der Waals surface area (Å²) in [5.41, 5.74) is 1.39. The second-order valence-corrected chi connectivity index (χ2v) is 5.87. The molecule has 2 rings (SSSR count). The van der Waals surface area contributed by atoms with E-state index in [0.717, 1.165) is 12.1 Å². The summed E-state index contributed by atoms with van der Waals surface area (Å²) in [7, 11) is 0. The third-order valence-electron chi connectivity index (χ3n) is 3.05. The number of nitrogens with zero attached hydrogens (tertiary/aromatic N) is 1. The summed E-state index contributed by atoms with van der Waals surface area (Å²) in [5.74, 6) is -0.429. The van der Waals surface area contributed by atoms with E-state index in [1.807, 2.05) is 6.92 Å². The Bertz CT molecular complexity index is 643. The highest BCUT2D eigenvalue weighted by Gasteiger charge is 2.15. The first-order valence-corrected chi connectivity index (χ1v) is 8.27. The van der Waals surface area contributed by atoms with Crippen LogP contribution < -0.4 is 10.6 Å².